The van der Waals surface area contributed by atoms with Crippen molar-refractivity contribution in [3.63, 3.8) is 0 Å². The maximum Gasteiger partial charge on any atom is 0.0500 e. The molecule has 1 unspecified atom stereocenters. The van der Waals surface area contributed by atoms with Crippen LogP contribution in [-0.2, 0) is 4.74 Å². The smallest absolute Gasteiger partial charge is 0.0500 e. The Labute approximate surface area is 87.6 Å². The molecule has 0 aromatic heterocycles. The Bertz CT molecular complexity index is 125. The Balaban J connectivity index is 3.71. The number of nitrogens with two attached hydrogens (primary N) is 1. The van der Waals surface area contributed by atoms with E-state index in [0.29, 0.717) is 19.1 Å². The van der Waals surface area contributed by atoms with Crippen LogP contribution in [0.2, 0.25) is 0 Å². The van der Waals surface area contributed by atoms with Gasteiger partial charge in [-0.1, -0.05) is 20.8 Å². The third-order valence-electron chi connectivity index (χ3n) is 2.75. The predicted molar refractivity (Wildman–Crippen MR) is 59.1 cm³/mol. The van der Waals surface area contributed by atoms with Crippen molar-refractivity contribution in [1.29, 1.82) is 0 Å². The first-order valence-electron chi connectivity index (χ1n) is 5.49. The first kappa shape index (κ1) is 13.9. The average Bonchev–Trinajstić information content (AvgIpc) is 2.19. The molecule has 0 aromatic rings. The van der Waals surface area contributed by atoms with Gasteiger partial charge in [-0.05, 0) is 18.8 Å². The molecule has 0 aliphatic heterocycles. The van der Waals surface area contributed by atoms with E-state index in [9.17, 15) is 5.11 Å². The Morgan fingerprint density at radius 3 is 2.43 bits per heavy atom. The van der Waals surface area contributed by atoms with Crippen LogP contribution >= 0.6 is 0 Å². The molecule has 14 heavy (non-hydrogen) atoms. The van der Waals surface area contributed by atoms with Crippen LogP contribution in [0.1, 0.15) is 33.6 Å². The highest BCUT2D eigenvalue weighted by Gasteiger charge is 2.25. The first-order chi connectivity index (χ1) is 6.60. The molecule has 0 rings (SSSR count). The summed E-state index contributed by atoms with van der Waals surface area (Å²) in [6.07, 6.45) is 1.76. The zero-order chi connectivity index (χ0) is 11.0. The van der Waals surface area contributed by atoms with E-state index in [1.54, 1.807) is 0 Å². The molecule has 0 aromatic carbocycles. The van der Waals surface area contributed by atoms with E-state index >= 15 is 0 Å². The van der Waals surface area contributed by atoms with Crippen LogP contribution in [0.15, 0.2) is 0 Å². The largest absolute Gasteiger partial charge is 0.396 e. The number of aliphatic hydroxyl groups is 1. The molecule has 3 nitrogen and oxygen atoms in total. The van der Waals surface area contributed by atoms with Crippen LogP contribution in [-0.4, -0.2) is 31.5 Å². The number of ether oxygens (including phenoxy) is 1. The molecule has 0 bridgehead atoms. The lowest BCUT2D eigenvalue weighted by atomic mass is 9.83. The highest BCUT2D eigenvalue weighted by atomic mass is 16.5. The van der Waals surface area contributed by atoms with Gasteiger partial charge >= 0.3 is 0 Å². The molecular formula is C11H25NO2. The van der Waals surface area contributed by atoms with Gasteiger partial charge in [0.25, 0.3) is 0 Å². The molecule has 0 radical (unpaired) electrons. The third-order valence-corrected chi connectivity index (χ3v) is 2.75. The molecule has 0 aliphatic rings. The summed E-state index contributed by atoms with van der Waals surface area (Å²) in [5, 5.41) is 9.25. The topological polar surface area (TPSA) is 55.5 Å². The lowest BCUT2D eigenvalue weighted by Gasteiger charge is -2.28. The fourth-order valence-electron chi connectivity index (χ4n) is 1.29. The standard InChI is InChI=1S/C11H25NO2/c1-4-11(8-12,9-13)5-6-14-7-10(2)3/h10,13H,4-9,12H2,1-3H3. The minimum atomic E-state index is -0.128. The summed E-state index contributed by atoms with van der Waals surface area (Å²) in [6.45, 7) is 8.49. The van der Waals surface area contributed by atoms with E-state index in [2.05, 4.69) is 20.8 Å². The maximum atomic E-state index is 9.25. The van der Waals surface area contributed by atoms with Crippen LogP contribution in [0.3, 0.4) is 0 Å². The monoisotopic (exact) mass is 203 g/mol. The quantitative estimate of drug-likeness (QED) is 0.586. The summed E-state index contributed by atoms with van der Waals surface area (Å²) in [5.41, 5.74) is 5.53. The molecule has 0 spiro atoms. The molecular weight excluding hydrogens is 178 g/mol. The predicted octanol–water partition coefficient (Wildman–Crippen LogP) is 1.40. The Morgan fingerprint density at radius 1 is 1.43 bits per heavy atom. The second kappa shape index (κ2) is 7.21. The van der Waals surface area contributed by atoms with E-state index in [-0.39, 0.29) is 12.0 Å². The van der Waals surface area contributed by atoms with Crippen LogP contribution in [0, 0.1) is 11.3 Å². The third kappa shape index (κ3) is 4.94. The van der Waals surface area contributed by atoms with Gasteiger partial charge in [0.15, 0.2) is 0 Å². The highest BCUT2D eigenvalue weighted by Crippen LogP contribution is 2.24. The van der Waals surface area contributed by atoms with Crippen molar-refractivity contribution in [3.05, 3.63) is 0 Å². The second-order valence-corrected chi connectivity index (χ2v) is 4.43. The molecule has 1 atom stereocenters. The normalized spacial score (nSPS) is 15.9. The van der Waals surface area contributed by atoms with Crippen molar-refractivity contribution < 1.29 is 9.84 Å². The minimum absolute atomic E-state index is 0.128. The van der Waals surface area contributed by atoms with Gasteiger partial charge in [-0.15, -0.1) is 0 Å². The molecule has 86 valence electrons. The average molecular weight is 203 g/mol. The summed E-state index contributed by atoms with van der Waals surface area (Å²) in [4.78, 5) is 0. The van der Waals surface area contributed by atoms with Gasteiger partial charge in [-0.2, -0.15) is 0 Å². The molecule has 0 aliphatic carbocycles. The van der Waals surface area contributed by atoms with Gasteiger partial charge in [0.1, 0.15) is 0 Å². The molecule has 0 saturated carbocycles. The van der Waals surface area contributed by atoms with Crippen molar-refractivity contribution in [2.45, 2.75) is 33.6 Å². The van der Waals surface area contributed by atoms with Crippen molar-refractivity contribution in [1.82, 2.24) is 0 Å². The molecule has 0 amide bonds. The van der Waals surface area contributed by atoms with Gasteiger partial charge in [-0.3, -0.25) is 0 Å². The highest BCUT2D eigenvalue weighted by molar-refractivity contribution is 4.77. The van der Waals surface area contributed by atoms with E-state index in [4.69, 9.17) is 10.5 Å². The molecule has 0 saturated heterocycles. The zero-order valence-electron chi connectivity index (χ0n) is 9.75. The van der Waals surface area contributed by atoms with Crippen molar-refractivity contribution >= 4 is 0 Å². The van der Waals surface area contributed by atoms with Gasteiger partial charge in [0.05, 0.1) is 0 Å². The summed E-state index contributed by atoms with van der Waals surface area (Å²) in [6, 6.07) is 0. The fraction of sp³-hybridized carbons (Fsp3) is 1.00. The number of aliphatic hydroxyl groups excluding tert-OH is 1. The molecule has 3 heteroatoms. The van der Waals surface area contributed by atoms with Gasteiger partial charge in [0, 0.05) is 31.8 Å². The summed E-state index contributed by atoms with van der Waals surface area (Å²) in [7, 11) is 0. The van der Waals surface area contributed by atoms with Crippen molar-refractivity contribution in [2.24, 2.45) is 17.1 Å². The number of rotatable bonds is 8. The van der Waals surface area contributed by atoms with Gasteiger partial charge < -0.3 is 15.6 Å². The summed E-state index contributed by atoms with van der Waals surface area (Å²) < 4.78 is 5.49. The minimum Gasteiger partial charge on any atom is -0.396 e. The lowest BCUT2D eigenvalue weighted by Crippen LogP contribution is -2.35. The molecule has 0 fully saturated rings. The van der Waals surface area contributed by atoms with Gasteiger partial charge in [-0.25, -0.2) is 0 Å². The maximum absolute atomic E-state index is 9.25. The van der Waals surface area contributed by atoms with E-state index in [1.807, 2.05) is 0 Å². The van der Waals surface area contributed by atoms with Crippen LogP contribution in [0.25, 0.3) is 0 Å². The Morgan fingerprint density at radius 2 is 2.07 bits per heavy atom. The van der Waals surface area contributed by atoms with E-state index < -0.39 is 0 Å². The molecule has 3 N–H and O–H groups in total. The number of hydrogen-bond donors (Lipinski definition) is 2. The van der Waals surface area contributed by atoms with Crippen LogP contribution < -0.4 is 5.73 Å². The molecule has 0 heterocycles. The first-order valence-corrected chi connectivity index (χ1v) is 5.49. The second-order valence-electron chi connectivity index (χ2n) is 4.43. The number of hydrogen-bond acceptors (Lipinski definition) is 3. The Hall–Kier alpha value is -0.120. The summed E-state index contributed by atoms with van der Waals surface area (Å²) in [5.74, 6) is 0.568. The van der Waals surface area contributed by atoms with Crippen LogP contribution in [0.5, 0.6) is 0 Å². The van der Waals surface area contributed by atoms with E-state index in [1.165, 1.54) is 0 Å². The van der Waals surface area contributed by atoms with E-state index in [0.717, 1.165) is 19.4 Å². The Kier molecular flexibility index (Phi) is 7.15. The SMILES string of the molecule is CCC(CN)(CO)CCOCC(C)C. The van der Waals surface area contributed by atoms with Crippen molar-refractivity contribution in [3.8, 4) is 0 Å². The van der Waals surface area contributed by atoms with Gasteiger partial charge in [0.2, 0.25) is 0 Å². The summed E-state index contributed by atoms with van der Waals surface area (Å²) >= 11 is 0. The fourth-order valence-corrected chi connectivity index (χ4v) is 1.29. The van der Waals surface area contributed by atoms with Crippen molar-refractivity contribution in [2.75, 3.05) is 26.4 Å². The lowest BCUT2D eigenvalue weighted by molar-refractivity contribution is 0.0491. The zero-order valence-corrected chi connectivity index (χ0v) is 9.75. The van der Waals surface area contributed by atoms with Crippen LogP contribution in [0.4, 0.5) is 0 Å².